The van der Waals surface area contributed by atoms with Crippen LogP contribution < -0.4 is 5.32 Å². The molecule has 0 radical (unpaired) electrons. The lowest BCUT2D eigenvalue weighted by Gasteiger charge is -2.11. The van der Waals surface area contributed by atoms with Crippen molar-refractivity contribution in [3.8, 4) is 6.07 Å². The molecule has 0 saturated carbocycles. The molecule has 3 nitrogen and oxygen atoms in total. The van der Waals surface area contributed by atoms with Gasteiger partial charge in [-0.3, -0.25) is 0 Å². The third kappa shape index (κ3) is 3.76. The molecule has 90 valence electrons. The first-order valence-corrected chi connectivity index (χ1v) is 6.20. The van der Waals surface area contributed by atoms with Gasteiger partial charge in [-0.05, 0) is 37.0 Å². The lowest BCUT2D eigenvalue weighted by Crippen LogP contribution is -2.12. The van der Waals surface area contributed by atoms with Crippen LogP contribution in [-0.4, -0.2) is 19.3 Å². The second-order valence-corrected chi connectivity index (χ2v) is 4.38. The van der Waals surface area contributed by atoms with E-state index in [2.05, 4.69) is 11.4 Å². The van der Waals surface area contributed by atoms with Crippen molar-refractivity contribution >= 4 is 5.69 Å². The standard InChI is InChI=1S/C14H18N2O/c15-9-7-12-3-5-13(6-4-12)16-10-8-14-2-1-11-17-14/h3-6,14,16H,1-2,7-8,10-11H2. The third-order valence-corrected chi connectivity index (χ3v) is 3.06. The molecule has 1 aliphatic heterocycles. The summed E-state index contributed by atoms with van der Waals surface area (Å²) in [6.45, 7) is 1.87. The smallest absolute Gasteiger partial charge is 0.0669 e. The summed E-state index contributed by atoms with van der Waals surface area (Å²) < 4.78 is 5.57. The Labute approximate surface area is 102 Å². The maximum atomic E-state index is 8.57. The van der Waals surface area contributed by atoms with Crippen molar-refractivity contribution in [3.05, 3.63) is 29.8 Å². The van der Waals surface area contributed by atoms with E-state index in [9.17, 15) is 0 Å². The minimum atomic E-state index is 0.445. The minimum absolute atomic E-state index is 0.445. The Morgan fingerprint density at radius 3 is 2.82 bits per heavy atom. The molecule has 1 unspecified atom stereocenters. The summed E-state index contributed by atoms with van der Waals surface area (Å²) in [5.41, 5.74) is 2.18. The zero-order valence-electron chi connectivity index (χ0n) is 9.98. The van der Waals surface area contributed by atoms with Gasteiger partial charge in [0.15, 0.2) is 0 Å². The number of hydrogen-bond donors (Lipinski definition) is 1. The number of hydrogen-bond acceptors (Lipinski definition) is 3. The predicted octanol–water partition coefficient (Wildman–Crippen LogP) is 2.73. The van der Waals surface area contributed by atoms with E-state index in [-0.39, 0.29) is 0 Å². The van der Waals surface area contributed by atoms with Gasteiger partial charge in [0, 0.05) is 18.8 Å². The van der Waals surface area contributed by atoms with Crippen LogP contribution in [0.15, 0.2) is 24.3 Å². The van der Waals surface area contributed by atoms with Gasteiger partial charge in [0.1, 0.15) is 0 Å². The van der Waals surface area contributed by atoms with Gasteiger partial charge >= 0.3 is 0 Å². The molecule has 0 bridgehead atoms. The summed E-state index contributed by atoms with van der Waals surface area (Å²) in [7, 11) is 0. The number of nitrogens with one attached hydrogen (secondary N) is 1. The number of benzene rings is 1. The van der Waals surface area contributed by atoms with Crippen LogP contribution in [0.25, 0.3) is 0 Å². The van der Waals surface area contributed by atoms with Crippen molar-refractivity contribution in [1.82, 2.24) is 0 Å². The largest absolute Gasteiger partial charge is 0.385 e. The Bertz CT molecular complexity index is 374. The first-order chi connectivity index (χ1) is 8.38. The van der Waals surface area contributed by atoms with Crippen LogP contribution in [0.4, 0.5) is 5.69 Å². The van der Waals surface area contributed by atoms with Gasteiger partial charge in [-0.25, -0.2) is 0 Å². The van der Waals surface area contributed by atoms with Crippen LogP contribution in [0.1, 0.15) is 24.8 Å². The molecule has 3 heteroatoms. The Morgan fingerprint density at radius 2 is 2.18 bits per heavy atom. The topological polar surface area (TPSA) is 45.0 Å². The highest BCUT2D eigenvalue weighted by atomic mass is 16.5. The van der Waals surface area contributed by atoms with Crippen molar-refractivity contribution < 1.29 is 4.74 Å². The molecule has 0 aromatic heterocycles. The molecule has 17 heavy (non-hydrogen) atoms. The Morgan fingerprint density at radius 1 is 1.35 bits per heavy atom. The summed E-state index contributed by atoms with van der Waals surface area (Å²) in [4.78, 5) is 0. The van der Waals surface area contributed by atoms with Crippen LogP contribution in [0.2, 0.25) is 0 Å². The quantitative estimate of drug-likeness (QED) is 0.846. The summed E-state index contributed by atoms with van der Waals surface area (Å²) in [6.07, 6.45) is 4.40. The average molecular weight is 230 g/mol. The summed E-state index contributed by atoms with van der Waals surface area (Å²) in [5, 5.41) is 12.0. The highest BCUT2D eigenvalue weighted by Gasteiger charge is 2.14. The normalized spacial score (nSPS) is 18.9. The van der Waals surface area contributed by atoms with Gasteiger partial charge in [-0.2, -0.15) is 5.26 Å². The van der Waals surface area contributed by atoms with E-state index < -0.39 is 0 Å². The van der Waals surface area contributed by atoms with Crippen LogP contribution >= 0.6 is 0 Å². The highest BCUT2D eigenvalue weighted by molar-refractivity contribution is 5.44. The lowest BCUT2D eigenvalue weighted by molar-refractivity contribution is 0.107. The van der Waals surface area contributed by atoms with Crippen LogP contribution in [0.3, 0.4) is 0 Å². The average Bonchev–Trinajstić information content (AvgIpc) is 2.85. The number of ether oxygens (including phenoxy) is 1. The summed E-state index contributed by atoms with van der Waals surface area (Å²) in [5.74, 6) is 0. The molecule has 1 atom stereocenters. The maximum Gasteiger partial charge on any atom is 0.0669 e. The molecule has 1 fully saturated rings. The summed E-state index contributed by atoms with van der Waals surface area (Å²) in [6, 6.07) is 10.2. The predicted molar refractivity (Wildman–Crippen MR) is 67.8 cm³/mol. The molecule has 1 N–H and O–H groups in total. The van der Waals surface area contributed by atoms with Crippen molar-refractivity contribution in [2.75, 3.05) is 18.5 Å². The molecule has 0 aliphatic carbocycles. The van der Waals surface area contributed by atoms with Gasteiger partial charge in [-0.1, -0.05) is 12.1 Å². The number of nitriles is 1. The number of nitrogens with zero attached hydrogens (tertiary/aromatic N) is 1. The molecule has 1 aromatic carbocycles. The van der Waals surface area contributed by atoms with E-state index in [0.29, 0.717) is 12.5 Å². The van der Waals surface area contributed by atoms with E-state index in [0.717, 1.165) is 30.8 Å². The molecule has 1 heterocycles. The molecular formula is C14H18N2O. The number of anilines is 1. The Kier molecular flexibility index (Phi) is 4.40. The van der Waals surface area contributed by atoms with Gasteiger partial charge < -0.3 is 10.1 Å². The van der Waals surface area contributed by atoms with Crippen molar-refractivity contribution in [2.45, 2.75) is 31.8 Å². The zero-order valence-corrected chi connectivity index (χ0v) is 9.98. The molecule has 1 aliphatic rings. The van der Waals surface area contributed by atoms with E-state index in [1.54, 1.807) is 0 Å². The highest BCUT2D eigenvalue weighted by Crippen LogP contribution is 2.16. The monoisotopic (exact) mass is 230 g/mol. The first kappa shape index (κ1) is 11.9. The summed E-state index contributed by atoms with van der Waals surface area (Å²) >= 11 is 0. The zero-order chi connectivity index (χ0) is 11.9. The second kappa shape index (κ2) is 6.27. The van der Waals surface area contributed by atoms with Crippen molar-refractivity contribution in [3.63, 3.8) is 0 Å². The van der Waals surface area contributed by atoms with E-state index in [1.807, 2.05) is 24.3 Å². The minimum Gasteiger partial charge on any atom is -0.385 e. The van der Waals surface area contributed by atoms with Crippen molar-refractivity contribution in [1.29, 1.82) is 5.26 Å². The fourth-order valence-corrected chi connectivity index (χ4v) is 2.08. The Balaban J connectivity index is 1.73. The van der Waals surface area contributed by atoms with Gasteiger partial charge in [0.2, 0.25) is 0 Å². The van der Waals surface area contributed by atoms with Crippen LogP contribution in [-0.2, 0) is 11.2 Å². The molecule has 1 aromatic rings. The van der Waals surface area contributed by atoms with Gasteiger partial charge in [0.25, 0.3) is 0 Å². The van der Waals surface area contributed by atoms with E-state index in [4.69, 9.17) is 10.00 Å². The van der Waals surface area contributed by atoms with Crippen LogP contribution in [0, 0.1) is 11.3 Å². The first-order valence-electron chi connectivity index (χ1n) is 6.20. The van der Waals surface area contributed by atoms with Gasteiger partial charge in [-0.15, -0.1) is 0 Å². The fourth-order valence-electron chi connectivity index (χ4n) is 2.08. The van der Waals surface area contributed by atoms with E-state index in [1.165, 1.54) is 12.8 Å². The van der Waals surface area contributed by atoms with Gasteiger partial charge in [0.05, 0.1) is 18.6 Å². The molecule has 2 rings (SSSR count). The molecular weight excluding hydrogens is 212 g/mol. The van der Waals surface area contributed by atoms with Crippen LogP contribution in [0.5, 0.6) is 0 Å². The fraction of sp³-hybridized carbons (Fsp3) is 0.500. The Hall–Kier alpha value is -1.53. The second-order valence-electron chi connectivity index (χ2n) is 4.38. The molecule has 0 spiro atoms. The van der Waals surface area contributed by atoms with Crippen molar-refractivity contribution in [2.24, 2.45) is 0 Å². The maximum absolute atomic E-state index is 8.57. The molecule has 0 amide bonds. The lowest BCUT2D eigenvalue weighted by atomic mass is 10.1. The SMILES string of the molecule is N#CCc1ccc(NCCC2CCCO2)cc1. The van der Waals surface area contributed by atoms with E-state index >= 15 is 0 Å². The number of rotatable bonds is 5. The third-order valence-electron chi connectivity index (χ3n) is 3.06. The molecule has 1 saturated heterocycles.